The maximum atomic E-state index is 12.0. The quantitative estimate of drug-likeness (QED) is 0.738. The van der Waals surface area contributed by atoms with E-state index < -0.39 is 21.9 Å². The van der Waals surface area contributed by atoms with Crippen LogP contribution in [0, 0.1) is 5.92 Å². The molecule has 138 valence electrons. The molecule has 0 unspecified atom stereocenters. The largest absolute Gasteiger partial charge is 0.455 e. The Bertz CT molecular complexity index is 713. The molecule has 1 saturated heterocycles. The van der Waals surface area contributed by atoms with Crippen LogP contribution < -0.4 is 5.32 Å². The number of nitrogens with one attached hydrogen (secondary N) is 1. The Morgan fingerprint density at radius 1 is 1.24 bits per heavy atom. The topological polar surface area (TPSA) is 92.8 Å². The molecule has 2 rings (SSSR count). The first-order valence-corrected chi connectivity index (χ1v) is 10.1. The van der Waals surface area contributed by atoms with Gasteiger partial charge in [0.15, 0.2) is 6.61 Å². The number of amides is 1. The molecule has 1 aliphatic heterocycles. The Balaban J connectivity index is 1.69. The van der Waals surface area contributed by atoms with Gasteiger partial charge < -0.3 is 10.1 Å². The average Bonchev–Trinajstić information content (AvgIpc) is 2.58. The number of piperidine rings is 1. The summed E-state index contributed by atoms with van der Waals surface area (Å²) in [5.74, 6) is -1.23. The Morgan fingerprint density at radius 2 is 1.84 bits per heavy atom. The van der Waals surface area contributed by atoms with Gasteiger partial charge in [-0.3, -0.25) is 9.59 Å². The van der Waals surface area contributed by atoms with Crippen molar-refractivity contribution in [3.05, 3.63) is 34.9 Å². The molecule has 0 bridgehead atoms. The van der Waals surface area contributed by atoms with E-state index in [2.05, 4.69) is 5.32 Å². The number of ether oxygens (including phenoxy) is 1. The molecule has 0 saturated carbocycles. The summed E-state index contributed by atoms with van der Waals surface area (Å²) in [7, 11) is -3.23. The summed E-state index contributed by atoms with van der Waals surface area (Å²) in [6.07, 6.45) is 1.95. The van der Waals surface area contributed by atoms with Crippen LogP contribution in [-0.4, -0.2) is 50.6 Å². The van der Waals surface area contributed by atoms with Gasteiger partial charge in [0.2, 0.25) is 10.0 Å². The van der Waals surface area contributed by atoms with Gasteiger partial charge in [-0.15, -0.1) is 0 Å². The van der Waals surface area contributed by atoms with E-state index in [4.69, 9.17) is 16.3 Å². The Labute approximate surface area is 152 Å². The first-order valence-electron chi connectivity index (χ1n) is 7.88. The number of carbonyl (C=O) groups is 2. The minimum atomic E-state index is -3.23. The van der Waals surface area contributed by atoms with Crippen LogP contribution in [0.15, 0.2) is 24.3 Å². The van der Waals surface area contributed by atoms with Crippen molar-refractivity contribution in [2.45, 2.75) is 19.4 Å². The fourth-order valence-electron chi connectivity index (χ4n) is 2.53. The van der Waals surface area contributed by atoms with Gasteiger partial charge in [-0.2, -0.15) is 0 Å². The van der Waals surface area contributed by atoms with Crippen molar-refractivity contribution in [1.82, 2.24) is 9.62 Å². The van der Waals surface area contributed by atoms with Crippen LogP contribution in [0.4, 0.5) is 0 Å². The lowest BCUT2D eigenvalue weighted by atomic mass is 9.98. The second kappa shape index (κ2) is 8.64. The number of hydrogen-bond acceptors (Lipinski definition) is 5. The van der Waals surface area contributed by atoms with E-state index in [-0.39, 0.29) is 12.5 Å². The number of hydrogen-bond donors (Lipinski definition) is 1. The van der Waals surface area contributed by atoms with Gasteiger partial charge in [-0.05, 0) is 30.5 Å². The molecular weight excluding hydrogens is 368 g/mol. The van der Waals surface area contributed by atoms with E-state index >= 15 is 0 Å². The molecule has 25 heavy (non-hydrogen) atoms. The highest BCUT2D eigenvalue weighted by atomic mass is 35.5. The van der Waals surface area contributed by atoms with Crippen molar-refractivity contribution in [1.29, 1.82) is 0 Å². The summed E-state index contributed by atoms with van der Waals surface area (Å²) in [6.45, 7) is 0.557. The molecule has 0 spiro atoms. The molecule has 1 aliphatic rings. The van der Waals surface area contributed by atoms with Crippen molar-refractivity contribution in [2.24, 2.45) is 5.92 Å². The highest BCUT2D eigenvalue weighted by molar-refractivity contribution is 7.88. The van der Waals surface area contributed by atoms with Gasteiger partial charge >= 0.3 is 5.97 Å². The van der Waals surface area contributed by atoms with Crippen LogP contribution in [0.3, 0.4) is 0 Å². The molecule has 1 aromatic rings. The molecule has 1 amide bonds. The SMILES string of the molecule is CS(=O)(=O)N1CCC(C(=O)OCC(=O)NCc2ccc(Cl)cc2)CC1. The predicted octanol–water partition coefficient (Wildman–Crippen LogP) is 1.17. The maximum absolute atomic E-state index is 12.0. The molecule has 1 heterocycles. The van der Waals surface area contributed by atoms with Crippen LogP contribution in [0.25, 0.3) is 0 Å². The molecule has 0 aliphatic carbocycles. The van der Waals surface area contributed by atoms with Crippen LogP contribution in [-0.2, 0) is 30.9 Å². The molecule has 1 aromatic carbocycles. The minimum absolute atomic E-state index is 0.293. The number of benzene rings is 1. The van der Waals surface area contributed by atoms with Crippen LogP contribution in [0.2, 0.25) is 5.02 Å². The van der Waals surface area contributed by atoms with Crippen molar-refractivity contribution in [2.75, 3.05) is 26.0 Å². The third-order valence-corrected chi connectivity index (χ3v) is 5.56. The molecule has 0 atom stereocenters. The highest BCUT2D eigenvalue weighted by Crippen LogP contribution is 2.20. The van der Waals surface area contributed by atoms with Gasteiger partial charge in [-0.1, -0.05) is 23.7 Å². The number of halogens is 1. The monoisotopic (exact) mass is 388 g/mol. The molecule has 1 fully saturated rings. The number of esters is 1. The van der Waals surface area contributed by atoms with Crippen LogP contribution >= 0.6 is 11.6 Å². The third kappa shape index (κ3) is 6.30. The second-order valence-electron chi connectivity index (χ2n) is 5.95. The van der Waals surface area contributed by atoms with E-state index in [9.17, 15) is 18.0 Å². The van der Waals surface area contributed by atoms with Gasteiger partial charge in [0.25, 0.3) is 5.91 Å². The first-order chi connectivity index (χ1) is 11.8. The minimum Gasteiger partial charge on any atom is -0.455 e. The summed E-state index contributed by atoms with van der Waals surface area (Å²) in [6, 6.07) is 7.05. The summed E-state index contributed by atoms with van der Waals surface area (Å²) < 4.78 is 29.2. The van der Waals surface area contributed by atoms with E-state index in [1.807, 2.05) is 0 Å². The van der Waals surface area contributed by atoms with E-state index in [0.717, 1.165) is 11.8 Å². The standard InChI is InChI=1S/C16H21ClN2O5S/c1-25(22,23)19-8-6-13(7-9-19)16(21)24-11-15(20)18-10-12-2-4-14(17)5-3-12/h2-5,13H,6-11H2,1H3,(H,18,20). The van der Waals surface area contributed by atoms with Gasteiger partial charge in [0.05, 0.1) is 12.2 Å². The third-order valence-electron chi connectivity index (χ3n) is 4.00. The maximum Gasteiger partial charge on any atom is 0.309 e. The first kappa shape index (κ1) is 19.7. The molecule has 1 N–H and O–H groups in total. The molecular formula is C16H21ClN2O5S. The van der Waals surface area contributed by atoms with E-state index in [1.165, 1.54) is 4.31 Å². The van der Waals surface area contributed by atoms with Crippen LogP contribution in [0.1, 0.15) is 18.4 Å². The van der Waals surface area contributed by atoms with Crippen molar-refractivity contribution < 1.29 is 22.7 Å². The summed E-state index contributed by atoms with van der Waals surface area (Å²) in [4.78, 5) is 23.7. The highest BCUT2D eigenvalue weighted by Gasteiger charge is 2.30. The van der Waals surface area contributed by atoms with Gasteiger partial charge in [-0.25, -0.2) is 12.7 Å². The summed E-state index contributed by atoms with van der Waals surface area (Å²) in [5, 5.41) is 3.27. The predicted molar refractivity (Wildman–Crippen MR) is 93.4 cm³/mol. The fourth-order valence-corrected chi connectivity index (χ4v) is 3.53. The number of nitrogens with zero attached hydrogens (tertiary/aromatic N) is 1. The normalized spacial score (nSPS) is 16.4. The molecule has 0 radical (unpaired) electrons. The summed E-state index contributed by atoms with van der Waals surface area (Å²) in [5.41, 5.74) is 0.886. The zero-order valence-corrected chi connectivity index (χ0v) is 15.5. The Morgan fingerprint density at radius 3 is 2.40 bits per heavy atom. The average molecular weight is 389 g/mol. The fraction of sp³-hybridized carbons (Fsp3) is 0.500. The molecule has 9 heteroatoms. The molecule has 0 aromatic heterocycles. The Hall–Kier alpha value is -1.64. The second-order valence-corrected chi connectivity index (χ2v) is 8.37. The number of sulfonamides is 1. The zero-order valence-electron chi connectivity index (χ0n) is 13.9. The van der Waals surface area contributed by atoms with E-state index in [0.29, 0.717) is 37.5 Å². The zero-order chi connectivity index (χ0) is 18.4. The van der Waals surface area contributed by atoms with Crippen molar-refractivity contribution >= 4 is 33.5 Å². The lowest BCUT2D eigenvalue weighted by Gasteiger charge is -2.28. The van der Waals surface area contributed by atoms with Crippen molar-refractivity contribution in [3.63, 3.8) is 0 Å². The lowest BCUT2D eigenvalue weighted by Crippen LogP contribution is -2.40. The summed E-state index contributed by atoms with van der Waals surface area (Å²) >= 11 is 5.79. The van der Waals surface area contributed by atoms with Gasteiger partial charge in [0, 0.05) is 24.7 Å². The number of rotatable bonds is 6. The van der Waals surface area contributed by atoms with E-state index in [1.54, 1.807) is 24.3 Å². The van der Waals surface area contributed by atoms with Crippen LogP contribution in [0.5, 0.6) is 0 Å². The van der Waals surface area contributed by atoms with Crippen molar-refractivity contribution in [3.8, 4) is 0 Å². The van der Waals surface area contributed by atoms with Gasteiger partial charge in [0.1, 0.15) is 0 Å². The smallest absolute Gasteiger partial charge is 0.309 e. The Kier molecular flexibility index (Phi) is 6.80. The lowest BCUT2D eigenvalue weighted by molar-refractivity contribution is -0.153. The number of carbonyl (C=O) groups excluding carboxylic acids is 2. The molecule has 7 nitrogen and oxygen atoms in total.